The molecule has 1 aliphatic heterocycles. The van der Waals surface area contributed by atoms with Crippen molar-refractivity contribution in [2.24, 2.45) is 0 Å². The monoisotopic (exact) mass is 401 g/mol. The molecule has 5 heteroatoms. The number of pyridine rings is 1. The van der Waals surface area contributed by atoms with Crippen molar-refractivity contribution in [1.82, 2.24) is 14.8 Å². The Hall–Kier alpha value is -3.18. The lowest BCUT2D eigenvalue weighted by Gasteiger charge is -2.40. The van der Waals surface area contributed by atoms with Gasteiger partial charge in [-0.1, -0.05) is 42.5 Å². The van der Waals surface area contributed by atoms with E-state index in [1.165, 1.54) is 5.56 Å². The van der Waals surface area contributed by atoms with Gasteiger partial charge in [-0.15, -0.1) is 0 Å². The topological polar surface area (TPSA) is 45.7 Å². The smallest absolute Gasteiger partial charge is 0.254 e. The van der Waals surface area contributed by atoms with E-state index in [-0.39, 0.29) is 11.9 Å². The van der Waals surface area contributed by atoms with Gasteiger partial charge in [0.1, 0.15) is 12.4 Å². The van der Waals surface area contributed by atoms with Crippen molar-refractivity contribution in [3.05, 3.63) is 95.8 Å². The van der Waals surface area contributed by atoms with E-state index in [0.29, 0.717) is 17.9 Å². The molecule has 1 atom stereocenters. The summed E-state index contributed by atoms with van der Waals surface area (Å²) in [6.45, 7) is 5.95. The predicted molar refractivity (Wildman–Crippen MR) is 117 cm³/mol. The van der Waals surface area contributed by atoms with Crippen LogP contribution in [0.25, 0.3) is 0 Å². The van der Waals surface area contributed by atoms with Crippen molar-refractivity contribution < 1.29 is 9.53 Å². The van der Waals surface area contributed by atoms with E-state index < -0.39 is 0 Å². The average Bonchev–Trinajstić information content (AvgIpc) is 2.79. The zero-order valence-corrected chi connectivity index (χ0v) is 17.3. The van der Waals surface area contributed by atoms with Gasteiger partial charge >= 0.3 is 0 Å². The minimum absolute atomic E-state index is 0.0636. The van der Waals surface area contributed by atoms with Crippen LogP contribution in [0.4, 0.5) is 0 Å². The van der Waals surface area contributed by atoms with Gasteiger partial charge in [0.05, 0.1) is 0 Å². The molecule has 1 fully saturated rings. The molecule has 1 aliphatic rings. The fraction of sp³-hybridized carbons (Fsp3) is 0.280. The molecule has 5 nitrogen and oxygen atoms in total. The van der Waals surface area contributed by atoms with Crippen LogP contribution >= 0.6 is 0 Å². The van der Waals surface area contributed by atoms with Gasteiger partial charge in [-0.2, -0.15) is 0 Å². The predicted octanol–water partition coefficient (Wildman–Crippen LogP) is 4.01. The van der Waals surface area contributed by atoms with E-state index in [2.05, 4.69) is 41.1 Å². The van der Waals surface area contributed by atoms with Crippen LogP contribution in [0.15, 0.2) is 79.1 Å². The SMILES string of the molecule is CC1CN(Cc2ccccc2)CCN1C(=O)c1cccc(OCc2cccnc2)c1. The number of carbonyl (C=O) groups is 1. The van der Waals surface area contributed by atoms with Crippen LogP contribution in [0.1, 0.15) is 28.4 Å². The van der Waals surface area contributed by atoms with Crippen LogP contribution in [-0.4, -0.2) is 46.4 Å². The van der Waals surface area contributed by atoms with Gasteiger partial charge in [0.2, 0.25) is 0 Å². The van der Waals surface area contributed by atoms with Gasteiger partial charge in [0.15, 0.2) is 0 Å². The third kappa shape index (κ3) is 5.05. The number of amides is 1. The lowest BCUT2D eigenvalue weighted by atomic mass is 10.1. The van der Waals surface area contributed by atoms with Gasteiger partial charge in [-0.25, -0.2) is 0 Å². The summed E-state index contributed by atoms with van der Waals surface area (Å²) in [4.78, 5) is 21.6. The Morgan fingerprint density at radius 2 is 1.87 bits per heavy atom. The van der Waals surface area contributed by atoms with Gasteiger partial charge in [-0.05, 0) is 36.8 Å². The summed E-state index contributed by atoms with van der Waals surface area (Å²) in [7, 11) is 0. The Labute approximate surface area is 177 Å². The number of carbonyl (C=O) groups excluding carboxylic acids is 1. The Kier molecular flexibility index (Phi) is 6.40. The Morgan fingerprint density at radius 1 is 1.03 bits per heavy atom. The molecule has 0 N–H and O–H groups in total. The Balaban J connectivity index is 1.36. The first-order valence-electron chi connectivity index (χ1n) is 10.4. The van der Waals surface area contributed by atoms with Crippen molar-refractivity contribution in [2.75, 3.05) is 19.6 Å². The summed E-state index contributed by atoms with van der Waals surface area (Å²) in [5, 5.41) is 0. The number of benzene rings is 2. The molecule has 0 spiro atoms. The lowest BCUT2D eigenvalue weighted by molar-refractivity contribution is 0.0475. The molecule has 30 heavy (non-hydrogen) atoms. The minimum atomic E-state index is 0.0636. The second kappa shape index (κ2) is 9.55. The lowest BCUT2D eigenvalue weighted by Crippen LogP contribution is -2.53. The normalized spacial score (nSPS) is 17.0. The van der Waals surface area contributed by atoms with Crippen molar-refractivity contribution >= 4 is 5.91 Å². The molecule has 2 aromatic carbocycles. The van der Waals surface area contributed by atoms with E-state index in [9.17, 15) is 4.79 Å². The quantitative estimate of drug-likeness (QED) is 0.626. The maximum atomic E-state index is 13.1. The standard InChI is InChI=1S/C25H27N3O2/c1-20-17-27(18-21-7-3-2-4-8-21)13-14-28(20)25(29)23-10-5-11-24(15-23)30-19-22-9-6-12-26-16-22/h2-12,15-16,20H,13-14,17-19H2,1H3. The number of piperazine rings is 1. The largest absolute Gasteiger partial charge is 0.489 e. The summed E-state index contributed by atoms with van der Waals surface area (Å²) < 4.78 is 5.86. The first-order chi connectivity index (χ1) is 14.7. The second-order valence-corrected chi connectivity index (χ2v) is 7.75. The van der Waals surface area contributed by atoms with E-state index >= 15 is 0 Å². The number of rotatable bonds is 6. The number of nitrogens with zero attached hydrogens (tertiary/aromatic N) is 3. The summed E-state index contributed by atoms with van der Waals surface area (Å²) in [6.07, 6.45) is 3.52. The molecule has 0 radical (unpaired) electrons. The molecular weight excluding hydrogens is 374 g/mol. The highest BCUT2D eigenvalue weighted by atomic mass is 16.5. The number of aromatic nitrogens is 1. The third-order valence-corrected chi connectivity index (χ3v) is 5.43. The molecule has 0 bridgehead atoms. The third-order valence-electron chi connectivity index (χ3n) is 5.43. The van der Waals surface area contributed by atoms with Crippen LogP contribution in [0.5, 0.6) is 5.75 Å². The van der Waals surface area contributed by atoms with Crippen LogP contribution in [0.2, 0.25) is 0 Å². The summed E-state index contributed by atoms with van der Waals surface area (Å²) in [6, 6.07) is 22.0. The summed E-state index contributed by atoms with van der Waals surface area (Å²) in [5.41, 5.74) is 2.97. The van der Waals surface area contributed by atoms with E-state index in [4.69, 9.17) is 4.74 Å². The molecule has 154 valence electrons. The molecule has 1 aromatic heterocycles. The highest BCUT2D eigenvalue weighted by molar-refractivity contribution is 5.94. The summed E-state index contributed by atoms with van der Waals surface area (Å²) >= 11 is 0. The van der Waals surface area contributed by atoms with Gasteiger partial charge in [0.25, 0.3) is 5.91 Å². The first-order valence-corrected chi connectivity index (χ1v) is 10.4. The molecule has 3 aromatic rings. The molecule has 0 saturated carbocycles. The van der Waals surface area contributed by atoms with Crippen molar-refractivity contribution in [1.29, 1.82) is 0 Å². The number of hydrogen-bond acceptors (Lipinski definition) is 4. The van der Waals surface area contributed by atoms with Crippen molar-refractivity contribution in [3.8, 4) is 5.75 Å². The number of ether oxygens (including phenoxy) is 1. The maximum Gasteiger partial charge on any atom is 0.254 e. The molecule has 1 amide bonds. The fourth-order valence-electron chi connectivity index (χ4n) is 3.85. The zero-order chi connectivity index (χ0) is 20.8. The van der Waals surface area contributed by atoms with Gasteiger partial charge in [0, 0.05) is 55.7 Å². The van der Waals surface area contributed by atoms with Crippen LogP contribution in [-0.2, 0) is 13.2 Å². The fourth-order valence-corrected chi connectivity index (χ4v) is 3.85. The molecule has 0 aliphatic carbocycles. The highest BCUT2D eigenvalue weighted by Crippen LogP contribution is 2.20. The number of hydrogen-bond donors (Lipinski definition) is 0. The van der Waals surface area contributed by atoms with Gasteiger partial charge in [-0.3, -0.25) is 14.7 Å². The van der Waals surface area contributed by atoms with E-state index in [1.54, 1.807) is 12.4 Å². The first kappa shape index (κ1) is 20.1. The minimum Gasteiger partial charge on any atom is -0.489 e. The molecule has 4 rings (SSSR count). The average molecular weight is 402 g/mol. The van der Waals surface area contributed by atoms with Crippen LogP contribution in [0, 0.1) is 0 Å². The van der Waals surface area contributed by atoms with Crippen LogP contribution in [0.3, 0.4) is 0 Å². The Bertz CT molecular complexity index is 962. The van der Waals surface area contributed by atoms with Gasteiger partial charge < -0.3 is 9.64 Å². The zero-order valence-electron chi connectivity index (χ0n) is 17.3. The Morgan fingerprint density at radius 3 is 2.63 bits per heavy atom. The van der Waals surface area contributed by atoms with E-state index in [0.717, 1.165) is 31.7 Å². The summed E-state index contributed by atoms with van der Waals surface area (Å²) in [5.74, 6) is 0.758. The van der Waals surface area contributed by atoms with Crippen molar-refractivity contribution in [2.45, 2.75) is 26.1 Å². The van der Waals surface area contributed by atoms with Crippen molar-refractivity contribution in [3.63, 3.8) is 0 Å². The second-order valence-electron chi connectivity index (χ2n) is 7.75. The highest BCUT2D eigenvalue weighted by Gasteiger charge is 2.28. The van der Waals surface area contributed by atoms with E-state index in [1.807, 2.05) is 47.4 Å². The maximum absolute atomic E-state index is 13.1. The molecule has 2 heterocycles. The molecule has 1 unspecified atom stereocenters. The molecule has 1 saturated heterocycles. The molecular formula is C25H27N3O2. The van der Waals surface area contributed by atoms with Crippen LogP contribution < -0.4 is 4.74 Å².